The van der Waals surface area contributed by atoms with E-state index in [0.29, 0.717) is 44.2 Å². The number of nitrogens with one attached hydrogen (secondary N) is 2. The molecule has 0 saturated carbocycles. The van der Waals surface area contributed by atoms with Gasteiger partial charge in [0.1, 0.15) is 0 Å². The van der Waals surface area contributed by atoms with E-state index in [1.807, 2.05) is 55.5 Å². The predicted octanol–water partition coefficient (Wildman–Crippen LogP) is 2.29. The van der Waals surface area contributed by atoms with E-state index in [1.54, 1.807) is 4.90 Å². The van der Waals surface area contributed by atoms with Crippen molar-refractivity contribution < 1.29 is 24.2 Å². The number of hydrogen-bond acceptors (Lipinski definition) is 6. The Balaban J connectivity index is 1.74. The summed E-state index contributed by atoms with van der Waals surface area (Å²) in [4.78, 5) is 27.3. The molecule has 1 aliphatic heterocycles. The van der Waals surface area contributed by atoms with E-state index >= 15 is 0 Å². The van der Waals surface area contributed by atoms with Crippen LogP contribution in [0.1, 0.15) is 37.3 Å². The molecule has 0 aromatic heterocycles. The van der Waals surface area contributed by atoms with Gasteiger partial charge in [0.15, 0.2) is 11.5 Å². The fourth-order valence-corrected chi connectivity index (χ4v) is 4.13. The number of ether oxygens (including phenoxy) is 2. The van der Waals surface area contributed by atoms with E-state index < -0.39 is 6.04 Å². The van der Waals surface area contributed by atoms with Gasteiger partial charge >= 0.3 is 0 Å². The maximum absolute atomic E-state index is 12.9. The lowest BCUT2D eigenvalue weighted by molar-refractivity contribution is -0.125. The van der Waals surface area contributed by atoms with Crippen LogP contribution in [0.5, 0.6) is 11.5 Å². The molecule has 2 aromatic carbocycles. The fraction of sp³-hybridized carbons (Fsp3) is 0.481. The lowest BCUT2D eigenvalue weighted by Gasteiger charge is -2.25. The zero-order chi connectivity index (χ0) is 24.9. The summed E-state index contributed by atoms with van der Waals surface area (Å²) in [5.41, 5.74) is 1.89. The third kappa shape index (κ3) is 8.88. The van der Waals surface area contributed by atoms with E-state index in [4.69, 9.17) is 9.47 Å². The Morgan fingerprint density at radius 2 is 1.97 bits per heavy atom. The highest BCUT2D eigenvalue weighted by Crippen LogP contribution is 2.32. The SMILES string of the molecule is CCOc1cccc2c1OCCCCCNC(=O)CN(CC(=O)N[C@H](CO)Cc1ccccc1)C2. The molecular formula is C27H37N3O5. The maximum atomic E-state index is 12.9. The van der Waals surface area contributed by atoms with Crippen LogP contribution in [0.25, 0.3) is 0 Å². The van der Waals surface area contributed by atoms with Gasteiger partial charge in [0, 0.05) is 18.7 Å². The van der Waals surface area contributed by atoms with Crippen molar-refractivity contribution >= 4 is 11.8 Å². The smallest absolute Gasteiger partial charge is 0.234 e. The van der Waals surface area contributed by atoms with E-state index in [-0.39, 0.29) is 31.5 Å². The van der Waals surface area contributed by atoms with E-state index in [0.717, 1.165) is 30.4 Å². The molecule has 2 aromatic rings. The van der Waals surface area contributed by atoms with Gasteiger partial charge in [0.05, 0.1) is 39.0 Å². The van der Waals surface area contributed by atoms with Gasteiger partial charge in [0.2, 0.25) is 11.8 Å². The Morgan fingerprint density at radius 1 is 1.14 bits per heavy atom. The lowest BCUT2D eigenvalue weighted by Crippen LogP contribution is -2.46. The summed E-state index contributed by atoms with van der Waals surface area (Å²) in [7, 11) is 0. The van der Waals surface area contributed by atoms with Crippen LogP contribution in [0.4, 0.5) is 0 Å². The Kier molecular flexibility index (Phi) is 10.9. The highest BCUT2D eigenvalue weighted by molar-refractivity contribution is 5.81. The zero-order valence-corrected chi connectivity index (χ0v) is 20.5. The van der Waals surface area contributed by atoms with Crippen LogP contribution in [-0.4, -0.2) is 67.3 Å². The summed E-state index contributed by atoms with van der Waals surface area (Å²) in [5, 5.41) is 15.7. The number of para-hydroxylation sites is 1. The number of nitrogens with zero attached hydrogens (tertiary/aromatic N) is 1. The number of aliphatic hydroxyl groups is 1. The summed E-state index contributed by atoms with van der Waals surface area (Å²) < 4.78 is 11.9. The molecule has 0 spiro atoms. The molecule has 0 saturated heterocycles. The van der Waals surface area contributed by atoms with Crippen LogP contribution in [0.15, 0.2) is 48.5 Å². The molecule has 1 heterocycles. The molecule has 0 aliphatic carbocycles. The van der Waals surface area contributed by atoms with E-state index in [1.165, 1.54) is 0 Å². The second-order valence-corrected chi connectivity index (χ2v) is 8.72. The van der Waals surface area contributed by atoms with Crippen LogP contribution >= 0.6 is 0 Å². The second-order valence-electron chi connectivity index (χ2n) is 8.72. The Labute approximate surface area is 207 Å². The third-order valence-electron chi connectivity index (χ3n) is 5.79. The average molecular weight is 484 g/mol. The number of benzene rings is 2. The van der Waals surface area contributed by atoms with Gasteiger partial charge in [-0.25, -0.2) is 0 Å². The number of hydrogen-bond donors (Lipinski definition) is 3. The molecular weight excluding hydrogens is 446 g/mol. The Bertz CT molecular complexity index is 938. The first kappa shape index (κ1) is 26.5. The molecule has 0 bridgehead atoms. The quantitative estimate of drug-likeness (QED) is 0.533. The monoisotopic (exact) mass is 483 g/mol. The first-order valence-corrected chi connectivity index (χ1v) is 12.4. The van der Waals surface area contributed by atoms with Gasteiger partial charge in [-0.2, -0.15) is 0 Å². The number of carbonyl (C=O) groups is 2. The molecule has 190 valence electrons. The topological polar surface area (TPSA) is 100 Å². The minimum absolute atomic E-state index is 0.0109. The molecule has 0 radical (unpaired) electrons. The Hall–Kier alpha value is -3.10. The van der Waals surface area contributed by atoms with E-state index in [2.05, 4.69) is 10.6 Å². The van der Waals surface area contributed by atoms with Gasteiger partial charge in [0.25, 0.3) is 0 Å². The number of rotatable bonds is 8. The normalized spacial score (nSPS) is 16.3. The minimum Gasteiger partial charge on any atom is -0.490 e. The van der Waals surface area contributed by atoms with Crippen molar-refractivity contribution in [3.05, 3.63) is 59.7 Å². The first-order valence-electron chi connectivity index (χ1n) is 12.4. The van der Waals surface area contributed by atoms with Crippen LogP contribution in [0, 0.1) is 0 Å². The maximum Gasteiger partial charge on any atom is 0.234 e. The first-order chi connectivity index (χ1) is 17.1. The largest absolute Gasteiger partial charge is 0.490 e. The van der Waals surface area contributed by atoms with Crippen molar-refractivity contribution in [1.82, 2.24) is 15.5 Å². The fourth-order valence-electron chi connectivity index (χ4n) is 4.13. The lowest BCUT2D eigenvalue weighted by atomic mass is 10.1. The summed E-state index contributed by atoms with van der Waals surface area (Å²) in [6.45, 7) is 3.86. The number of fused-ring (bicyclic) bond motifs is 1. The standard InChI is InChI=1S/C27H37N3O5/c1-2-34-24-13-9-12-22-17-30(18-25(32)28-14-7-4-8-15-35-27(22)24)19-26(33)29-23(20-31)16-21-10-5-3-6-11-21/h3,5-6,9-13,23,31H,2,4,7-8,14-20H2,1H3,(H,28,32)(H,29,33)/t23-/m0/s1. The van der Waals surface area contributed by atoms with Crippen molar-refractivity contribution in [3.63, 3.8) is 0 Å². The molecule has 8 nitrogen and oxygen atoms in total. The summed E-state index contributed by atoms with van der Waals surface area (Å²) in [6.07, 6.45) is 3.22. The number of aliphatic hydroxyl groups excluding tert-OH is 1. The van der Waals surface area contributed by atoms with Crippen LogP contribution in [0.2, 0.25) is 0 Å². The molecule has 0 unspecified atom stereocenters. The van der Waals surface area contributed by atoms with Gasteiger partial charge in [-0.05, 0) is 44.2 Å². The predicted molar refractivity (Wildman–Crippen MR) is 134 cm³/mol. The molecule has 0 fully saturated rings. The molecule has 3 N–H and O–H groups in total. The Morgan fingerprint density at radius 3 is 2.74 bits per heavy atom. The highest BCUT2D eigenvalue weighted by Gasteiger charge is 2.21. The van der Waals surface area contributed by atoms with E-state index in [9.17, 15) is 14.7 Å². The van der Waals surface area contributed by atoms with Gasteiger partial charge in [-0.3, -0.25) is 14.5 Å². The molecule has 3 rings (SSSR count). The molecule has 1 aliphatic rings. The zero-order valence-electron chi connectivity index (χ0n) is 20.5. The van der Waals surface area contributed by atoms with Crippen molar-refractivity contribution in [2.75, 3.05) is 39.5 Å². The highest BCUT2D eigenvalue weighted by atomic mass is 16.5. The number of carbonyl (C=O) groups excluding carboxylic acids is 2. The van der Waals surface area contributed by atoms with Crippen molar-refractivity contribution in [2.24, 2.45) is 0 Å². The van der Waals surface area contributed by atoms with Gasteiger partial charge < -0.3 is 25.2 Å². The summed E-state index contributed by atoms with van der Waals surface area (Å²) in [6, 6.07) is 15.0. The van der Waals surface area contributed by atoms with Crippen molar-refractivity contribution in [1.29, 1.82) is 0 Å². The minimum atomic E-state index is -0.408. The van der Waals surface area contributed by atoms with Crippen LogP contribution in [-0.2, 0) is 22.6 Å². The van der Waals surface area contributed by atoms with Crippen LogP contribution < -0.4 is 20.1 Å². The van der Waals surface area contributed by atoms with Crippen molar-refractivity contribution in [3.8, 4) is 11.5 Å². The number of amides is 2. The van der Waals surface area contributed by atoms with Crippen molar-refractivity contribution in [2.45, 2.75) is 45.2 Å². The third-order valence-corrected chi connectivity index (χ3v) is 5.79. The molecule has 8 heteroatoms. The molecule has 2 amide bonds. The summed E-state index contributed by atoms with van der Waals surface area (Å²) in [5.74, 6) is 0.956. The molecule has 1 atom stereocenters. The summed E-state index contributed by atoms with van der Waals surface area (Å²) >= 11 is 0. The second kappa shape index (κ2) is 14.3. The molecule has 35 heavy (non-hydrogen) atoms. The average Bonchev–Trinajstić information content (AvgIpc) is 2.86. The van der Waals surface area contributed by atoms with Gasteiger partial charge in [-0.15, -0.1) is 0 Å². The van der Waals surface area contributed by atoms with Gasteiger partial charge in [-0.1, -0.05) is 42.5 Å². The van der Waals surface area contributed by atoms with Crippen LogP contribution in [0.3, 0.4) is 0 Å².